The maximum atomic E-state index is 12.8. The summed E-state index contributed by atoms with van der Waals surface area (Å²) < 4.78 is 0. The van der Waals surface area contributed by atoms with Gasteiger partial charge in [0.15, 0.2) is 0 Å². The maximum absolute atomic E-state index is 12.8. The fraction of sp³-hybridized carbons (Fsp3) is 0.625. The zero-order valence-electron chi connectivity index (χ0n) is 18.6. The zero-order chi connectivity index (χ0) is 22.1. The molecule has 4 aliphatic rings. The molecule has 0 radical (unpaired) electrons. The molecule has 1 atom stereocenters. The first-order valence-electron chi connectivity index (χ1n) is 12.0. The van der Waals surface area contributed by atoms with Crippen molar-refractivity contribution in [3.63, 3.8) is 0 Å². The summed E-state index contributed by atoms with van der Waals surface area (Å²) in [6, 6.07) is 6.73. The number of carbonyl (C=O) groups excluding carboxylic acids is 3. The largest absolute Gasteiger partial charge is 0.322 e. The molecule has 1 aromatic carbocycles. The SMILES string of the molecule is O=C1CCC(N2Cc3cc(CNC4CCC(N5CCNCC5)CC4)ccc3C2=O)C(=O)N1. The Morgan fingerprint density at radius 2 is 1.78 bits per heavy atom. The fourth-order valence-corrected chi connectivity index (χ4v) is 5.69. The minimum atomic E-state index is -0.556. The van der Waals surface area contributed by atoms with Crippen LogP contribution in [0.4, 0.5) is 0 Å². The van der Waals surface area contributed by atoms with E-state index in [9.17, 15) is 14.4 Å². The second-order valence-corrected chi connectivity index (χ2v) is 9.56. The Labute approximate surface area is 189 Å². The van der Waals surface area contributed by atoms with Crippen LogP contribution in [0.3, 0.4) is 0 Å². The lowest BCUT2D eigenvalue weighted by Gasteiger charge is -2.39. The van der Waals surface area contributed by atoms with Crippen molar-refractivity contribution in [3.8, 4) is 0 Å². The lowest BCUT2D eigenvalue weighted by atomic mass is 9.89. The first-order valence-corrected chi connectivity index (χ1v) is 12.0. The van der Waals surface area contributed by atoms with E-state index in [-0.39, 0.29) is 24.1 Å². The molecule has 0 spiro atoms. The minimum absolute atomic E-state index is 0.111. The molecular weight excluding hydrogens is 406 g/mol. The summed E-state index contributed by atoms with van der Waals surface area (Å²) in [6.45, 7) is 5.80. The summed E-state index contributed by atoms with van der Waals surface area (Å²) in [7, 11) is 0. The Balaban J connectivity index is 1.14. The summed E-state index contributed by atoms with van der Waals surface area (Å²) in [5, 5.41) is 9.51. The van der Waals surface area contributed by atoms with E-state index >= 15 is 0 Å². The Bertz CT molecular complexity index is 890. The normalized spacial score (nSPS) is 29.2. The number of benzene rings is 1. The summed E-state index contributed by atoms with van der Waals surface area (Å²) >= 11 is 0. The number of nitrogens with zero attached hydrogens (tertiary/aromatic N) is 2. The summed E-state index contributed by atoms with van der Waals surface area (Å²) in [5.41, 5.74) is 2.82. The van der Waals surface area contributed by atoms with Gasteiger partial charge in [0.1, 0.15) is 6.04 Å². The van der Waals surface area contributed by atoms with Gasteiger partial charge in [-0.25, -0.2) is 0 Å². The Morgan fingerprint density at radius 3 is 2.53 bits per heavy atom. The molecule has 8 heteroatoms. The molecule has 2 saturated heterocycles. The van der Waals surface area contributed by atoms with Crippen LogP contribution in [0.25, 0.3) is 0 Å². The van der Waals surface area contributed by atoms with E-state index in [0.29, 0.717) is 24.6 Å². The maximum Gasteiger partial charge on any atom is 0.255 e. The third-order valence-corrected chi connectivity index (χ3v) is 7.55. The molecule has 3 heterocycles. The molecule has 1 unspecified atom stereocenters. The third kappa shape index (κ3) is 4.44. The van der Waals surface area contributed by atoms with Crippen LogP contribution in [-0.4, -0.2) is 71.8 Å². The number of piperidine rings is 1. The van der Waals surface area contributed by atoms with Crippen LogP contribution in [0.2, 0.25) is 0 Å². The van der Waals surface area contributed by atoms with Crippen LogP contribution in [0.5, 0.6) is 0 Å². The highest BCUT2D eigenvalue weighted by Crippen LogP contribution is 2.29. The van der Waals surface area contributed by atoms with E-state index in [4.69, 9.17) is 0 Å². The van der Waals surface area contributed by atoms with Crippen molar-refractivity contribution in [3.05, 3.63) is 34.9 Å². The molecule has 1 saturated carbocycles. The molecule has 32 heavy (non-hydrogen) atoms. The standard InChI is InChI=1S/C24H33N5O3/c30-22-8-7-21(23(31)27-22)29-15-17-13-16(1-6-20(17)24(29)32)14-26-18-2-4-19(5-3-18)28-11-9-25-10-12-28/h1,6,13,18-19,21,25-26H,2-5,7-12,14-15H2,(H,27,30,31). The predicted octanol–water partition coefficient (Wildman–Crippen LogP) is 0.754. The zero-order valence-corrected chi connectivity index (χ0v) is 18.6. The number of imide groups is 1. The average molecular weight is 440 g/mol. The Morgan fingerprint density at radius 1 is 1.00 bits per heavy atom. The van der Waals surface area contributed by atoms with Crippen LogP contribution < -0.4 is 16.0 Å². The molecule has 3 fully saturated rings. The van der Waals surface area contributed by atoms with Crippen LogP contribution in [0.15, 0.2) is 18.2 Å². The topological polar surface area (TPSA) is 93.8 Å². The minimum Gasteiger partial charge on any atom is -0.322 e. The first kappa shape index (κ1) is 21.6. The van der Waals surface area contributed by atoms with Gasteiger partial charge in [-0.05, 0) is 49.3 Å². The molecular formula is C24H33N5O3. The van der Waals surface area contributed by atoms with E-state index in [1.165, 1.54) is 44.3 Å². The van der Waals surface area contributed by atoms with Crippen molar-refractivity contribution in [2.24, 2.45) is 0 Å². The second-order valence-electron chi connectivity index (χ2n) is 9.56. The van der Waals surface area contributed by atoms with Gasteiger partial charge >= 0.3 is 0 Å². The Hall–Kier alpha value is -2.29. The van der Waals surface area contributed by atoms with Gasteiger partial charge in [-0.1, -0.05) is 12.1 Å². The highest BCUT2D eigenvalue weighted by molar-refractivity contribution is 6.05. The van der Waals surface area contributed by atoms with Gasteiger partial charge in [0.05, 0.1) is 0 Å². The van der Waals surface area contributed by atoms with E-state index in [1.807, 2.05) is 12.1 Å². The van der Waals surface area contributed by atoms with Gasteiger partial charge in [0.2, 0.25) is 11.8 Å². The van der Waals surface area contributed by atoms with Gasteiger partial charge in [-0.3, -0.25) is 24.6 Å². The van der Waals surface area contributed by atoms with Crippen molar-refractivity contribution >= 4 is 17.7 Å². The van der Waals surface area contributed by atoms with Crippen molar-refractivity contribution in [1.82, 2.24) is 25.8 Å². The van der Waals surface area contributed by atoms with Crippen molar-refractivity contribution in [1.29, 1.82) is 0 Å². The molecule has 0 aromatic heterocycles. The molecule has 0 bridgehead atoms. The summed E-state index contributed by atoms with van der Waals surface area (Å²) in [6.07, 6.45) is 5.62. The fourth-order valence-electron chi connectivity index (χ4n) is 5.69. The molecule has 1 aliphatic carbocycles. The van der Waals surface area contributed by atoms with E-state index in [2.05, 4.69) is 26.9 Å². The predicted molar refractivity (Wildman–Crippen MR) is 120 cm³/mol. The number of hydrogen-bond acceptors (Lipinski definition) is 6. The lowest BCUT2D eigenvalue weighted by molar-refractivity contribution is -0.136. The molecule has 3 aliphatic heterocycles. The number of amides is 3. The van der Waals surface area contributed by atoms with Crippen molar-refractivity contribution in [2.45, 2.75) is 69.7 Å². The van der Waals surface area contributed by atoms with E-state index < -0.39 is 6.04 Å². The van der Waals surface area contributed by atoms with Gasteiger partial charge in [-0.2, -0.15) is 0 Å². The third-order valence-electron chi connectivity index (χ3n) is 7.55. The molecule has 5 rings (SSSR count). The van der Waals surface area contributed by atoms with E-state index in [1.54, 1.807) is 4.90 Å². The van der Waals surface area contributed by atoms with Crippen LogP contribution >= 0.6 is 0 Å². The van der Waals surface area contributed by atoms with Crippen molar-refractivity contribution < 1.29 is 14.4 Å². The summed E-state index contributed by atoms with van der Waals surface area (Å²) in [5.74, 6) is -0.730. The number of nitrogens with one attached hydrogen (secondary N) is 3. The van der Waals surface area contributed by atoms with E-state index in [0.717, 1.165) is 31.2 Å². The average Bonchev–Trinajstić information content (AvgIpc) is 3.14. The number of hydrogen-bond donors (Lipinski definition) is 3. The molecule has 1 aromatic rings. The monoisotopic (exact) mass is 439 g/mol. The molecule has 8 nitrogen and oxygen atoms in total. The quantitative estimate of drug-likeness (QED) is 0.587. The van der Waals surface area contributed by atoms with Gasteiger partial charge in [0.25, 0.3) is 5.91 Å². The van der Waals surface area contributed by atoms with Gasteiger partial charge in [-0.15, -0.1) is 0 Å². The smallest absolute Gasteiger partial charge is 0.255 e. The van der Waals surface area contributed by atoms with Gasteiger partial charge in [0, 0.05) is 63.3 Å². The second kappa shape index (κ2) is 9.29. The van der Waals surface area contributed by atoms with Crippen LogP contribution in [-0.2, 0) is 22.7 Å². The van der Waals surface area contributed by atoms with Gasteiger partial charge < -0.3 is 15.5 Å². The van der Waals surface area contributed by atoms with Crippen LogP contribution in [0.1, 0.15) is 60.0 Å². The van der Waals surface area contributed by atoms with Crippen LogP contribution in [0, 0.1) is 0 Å². The lowest BCUT2D eigenvalue weighted by Crippen LogP contribution is -2.52. The Kier molecular flexibility index (Phi) is 6.26. The highest BCUT2D eigenvalue weighted by Gasteiger charge is 2.39. The molecule has 172 valence electrons. The number of carbonyl (C=O) groups is 3. The first-order chi connectivity index (χ1) is 15.6. The van der Waals surface area contributed by atoms with Crippen molar-refractivity contribution in [2.75, 3.05) is 26.2 Å². The summed E-state index contributed by atoms with van der Waals surface area (Å²) in [4.78, 5) is 40.7. The molecule has 3 amide bonds. The number of fused-ring (bicyclic) bond motifs is 1. The number of rotatable bonds is 5. The molecule has 3 N–H and O–H groups in total. The highest BCUT2D eigenvalue weighted by atomic mass is 16.2. The number of piperazine rings is 1.